The van der Waals surface area contributed by atoms with Gasteiger partial charge in [-0.2, -0.15) is 0 Å². The third-order valence-corrected chi connectivity index (χ3v) is 2.99. The van der Waals surface area contributed by atoms with Crippen LogP contribution in [0.3, 0.4) is 0 Å². The summed E-state index contributed by atoms with van der Waals surface area (Å²) in [4.78, 5) is 18.2. The molecule has 1 amide bonds. The predicted molar refractivity (Wildman–Crippen MR) is 67.3 cm³/mol. The number of rotatable bonds is 5. The molecule has 1 aromatic rings. The molecule has 1 heterocycles. The van der Waals surface area contributed by atoms with Crippen LogP contribution in [0.25, 0.3) is 0 Å². The van der Waals surface area contributed by atoms with Crippen molar-refractivity contribution in [1.29, 1.82) is 0 Å². The summed E-state index contributed by atoms with van der Waals surface area (Å²) in [7, 11) is 0. The van der Waals surface area contributed by atoms with E-state index in [0.717, 1.165) is 19.4 Å². The average molecular weight is 232 g/mol. The zero-order valence-corrected chi connectivity index (χ0v) is 10.6. The lowest BCUT2D eigenvalue weighted by Gasteiger charge is -2.23. The van der Waals surface area contributed by atoms with Crippen LogP contribution in [0.4, 0.5) is 0 Å². The fourth-order valence-electron chi connectivity index (χ4n) is 1.96. The SMILES string of the molecule is CC(C)CC(=O)N(Cc1ccncc1)C1CC1. The van der Waals surface area contributed by atoms with E-state index in [0.29, 0.717) is 24.3 Å². The molecule has 3 heteroatoms. The van der Waals surface area contributed by atoms with Crippen LogP contribution in [0, 0.1) is 5.92 Å². The van der Waals surface area contributed by atoms with Gasteiger partial charge < -0.3 is 4.90 Å². The Morgan fingerprint density at radius 3 is 2.59 bits per heavy atom. The summed E-state index contributed by atoms with van der Waals surface area (Å²) in [5.41, 5.74) is 1.17. The topological polar surface area (TPSA) is 33.2 Å². The van der Waals surface area contributed by atoms with Gasteiger partial charge in [-0.05, 0) is 36.5 Å². The Labute approximate surface area is 103 Å². The van der Waals surface area contributed by atoms with Gasteiger partial charge in [0.15, 0.2) is 0 Å². The molecule has 0 aromatic carbocycles. The van der Waals surface area contributed by atoms with Crippen molar-refractivity contribution in [2.24, 2.45) is 5.92 Å². The predicted octanol–water partition coefficient (Wildman–Crippen LogP) is 2.62. The molecule has 1 aliphatic carbocycles. The van der Waals surface area contributed by atoms with E-state index in [2.05, 4.69) is 18.8 Å². The highest BCUT2D eigenvalue weighted by Crippen LogP contribution is 2.29. The summed E-state index contributed by atoms with van der Waals surface area (Å²) in [6, 6.07) is 4.45. The number of nitrogens with zero attached hydrogens (tertiary/aromatic N) is 2. The average Bonchev–Trinajstić information content (AvgIpc) is 3.10. The molecule has 1 saturated carbocycles. The fraction of sp³-hybridized carbons (Fsp3) is 0.571. The van der Waals surface area contributed by atoms with Crippen molar-refractivity contribution in [3.63, 3.8) is 0 Å². The molecule has 2 rings (SSSR count). The van der Waals surface area contributed by atoms with E-state index in [9.17, 15) is 4.79 Å². The second-order valence-electron chi connectivity index (χ2n) is 5.21. The Kier molecular flexibility index (Phi) is 3.77. The van der Waals surface area contributed by atoms with Gasteiger partial charge in [0.2, 0.25) is 5.91 Å². The third-order valence-electron chi connectivity index (χ3n) is 2.99. The first-order valence-corrected chi connectivity index (χ1v) is 6.35. The Morgan fingerprint density at radius 1 is 1.41 bits per heavy atom. The molecule has 17 heavy (non-hydrogen) atoms. The van der Waals surface area contributed by atoms with Crippen molar-refractivity contribution in [2.75, 3.05) is 0 Å². The van der Waals surface area contributed by atoms with Gasteiger partial charge in [0.05, 0.1) is 0 Å². The number of hydrogen-bond acceptors (Lipinski definition) is 2. The molecule has 0 radical (unpaired) electrons. The second-order valence-corrected chi connectivity index (χ2v) is 5.21. The van der Waals surface area contributed by atoms with Crippen molar-refractivity contribution in [2.45, 2.75) is 45.7 Å². The molecule has 1 aromatic heterocycles. The van der Waals surface area contributed by atoms with Crippen molar-refractivity contribution in [1.82, 2.24) is 9.88 Å². The number of aromatic nitrogens is 1. The zero-order valence-electron chi connectivity index (χ0n) is 10.6. The molecule has 0 saturated heterocycles. The lowest BCUT2D eigenvalue weighted by atomic mass is 10.1. The van der Waals surface area contributed by atoms with Crippen molar-refractivity contribution < 1.29 is 4.79 Å². The highest BCUT2D eigenvalue weighted by Gasteiger charge is 2.32. The largest absolute Gasteiger partial charge is 0.335 e. The van der Waals surface area contributed by atoms with Gasteiger partial charge >= 0.3 is 0 Å². The first-order chi connectivity index (χ1) is 8.16. The quantitative estimate of drug-likeness (QED) is 0.782. The number of carbonyl (C=O) groups excluding carboxylic acids is 1. The molecule has 0 aliphatic heterocycles. The maximum atomic E-state index is 12.1. The minimum Gasteiger partial charge on any atom is -0.335 e. The van der Waals surface area contributed by atoms with Gasteiger partial charge in [-0.15, -0.1) is 0 Å². The number of amides is 1. The molecule has 0 unspecified atom stereocenters. The van der Waals surface area contributed by atoms with Gasteiger partial charge in [0, 0.05) is 31.4 Å². The van der Waals surface area contributed by atoms with Crippen LogP contribution in [0.1, 0.15) is 38.7 Å². The van der Waals surface area contributed by atoms with E-state index in [1.54, 1.807) is 12.4 Å². The molecular formula is C14H20N2O. The molecule has 92 valence electrons. The van der Waals surface area contributed by atoms with Crippen molar-refractivity contribution >= 4 is 5.91 Å². The van der Waals surface area contributed by atoms with E-state index >= 15 is 0 Å². The third kappa shape index (κ3) is 3.55. The molecule has 0 atom stereocenters. The summed E-state index contributed by atoms with van der Waals surface area (Å²) >= 11 is 0. The Morgan fingerprint density at radius 2 is 2.06 bits per heavy atom. The maximum Gasteiger partial charge on any atom is 0.223 e. The fourth-order valence-corrected chi connectivity index (χ4v) is 1.96. The Balaban J connectivity index is 2.00. The minimum atomic E-state index is 0.291. The van der Waals surface area contributed by atoms with Gasteiger partial charge in [-0.3, -0.25) is 9.78 Å². The van der Waals surface area contributed by atoms with E-state index in [4.69, 9.17) is 0 Å². The minimum absolute atomic E-state index is 0.291. The smallest absolute Gasteiger partial charge is 0.223 e. The first-order valence-electron chi connectivity index (χ1n) is 6.35. The van der Waals surface area contributed by atoms with Gasteiger partial charge in [0.25, 0.3) is 0 Å². The summed E-state index contributed by atoms with van der Waals surface area (Å²) < 4.78 is 0. The summed E-state index contributed by atoms with van der Waals surface area (Å²) in [6.07, 6.45) is 6.55. The molecule has 1 fully saturated rings. The van der Waals surface area contributed by atoms with Crippen LogP contribution >= 0.6 is 0 Å². The second kappa shape index (κ2) is 5.30. The van der Waals surface area contributed by atoms with Crippen LogP contribution in [-0.4, -0.2) is 21.8 Å². The van der Waals surface area contributed by atoms with E-state index in [1.807, 2.05) is 17.0 Å². The maximum absolute atomic E-state index is 12.1. The van der Waals surface area contributed by atoms with Gasteiger partial charge in [-0.25, -0.2) is 0 Å². The van der Waals surface area contributed by atoms with Crippen LogP contribution in [0.15, 0.2) is 24.5 Å². The van der Waals surface area contributed by atoms with Crippen LogP contribution in [-0.2, 0) is 11.3 Å². The summed E-state index contributed by atoms with van der Waals surface area (Å²) in [6.45, 7) is 4.92. The normalized spacial score (nSPS) is 15.0. The monoisotopic (exact) mass is 232 g/mol. The highest BCUT2D eigenvalue weighted by atomic mass is 16.2. The molecule has 0 bridgehead atoms. The van der Waals surface area contributed by atoms with E-state index in [-0.39, 0.29) is 0 Å². The summed E-state index contributed by atoms with van der Waals surface area (Å²) in [5, 5.41) is 0. The van der Waals surface area contributed by atoms with E-state index in [1.165, 1.54) is 5.56 Å². The molecule has 1 aliphatic rings. The molecule has 0 N–H and O–H groups in total. The van der Waals surface area contributed by atoms with Crippen LogP contribution in [0.5, 0.6) is 0 Å². The standard InChI is InChI=1S/C14H20N2O/c1-11(2)9-14(17)16(13-3-4-13)10-12-5-7-15-8-6-12/h5-8,11,13H,3-4,9-10H2,1-2H3. The number of hydrogen-bond donors (Lipinski definition) is 0. The molecule has 0 spiro atoms. The van der Waals surface area contributed by atoms with Gasteiger partial charge in [0.1, 0.15) is 0 Å². The zero-order chi connectivity index (χ0) is 12.3. The number of carbonyl (C=O) groups is 1. The lowest BCUT2D eigenvalue weighted by Crippen LogP contribution is -2.33. The summed E-state index contributed by atoms with van der Waals surface area (Å²) in [5.74, 6) is 0.723. The lowest BCUT2D eigenvalue weighted by molar-refractivity contribution is -0.133. The number of pyridine rings is 1. The molecule has 3 nitrogen and oxygen atoms in total. The highest BCUT2D eigenvalue weighted by molar-refractivity contribution is 5.77. The Hall–Kier alpha value is -1.38. The first kappa shape index (κ1) is 12.1. The van der Waals surface area contributed by atoms with Crippen LogP contribution in [0.2, 0.25) is 0 Å². The van der Waals surface area contributed by atoms with E-state index < -0.39 is 0 Å². The van der Waals surface area contributed by atoms with Crippen LogP contribution < -0.4 is 0 Å². The van der Waals surface area contributed by atoms with Crippen molar-refractivity contribution in [3.8, 4) is 0 Å². The van der Waals surface area contributed by atoms with Gasteiger partial charge in [-0.1, -0.05) is 13.8 Å². The van der Waals surface area contributed by atoms with Crippen molar-refractivity contribution in [3.05, 3.63) is 30.1 Å². The molecular weight excluding hydrogens is 212 g/mol. The Bertz CT molecular complexity index is 371.